The molecule has 0 aliphatic heterocycles. The maximum atomic E-state index is 12.4. The summed E-state index contributed by atoms with van der Waals surface area (Å²) in [6.45, 7) is 1.54. The van der Waals surface area contributed by atoms with E-state index in [9.17, 15) is 18.0 Å². The van der Waals surface area contributed by atoms with Crippen molar-refractivity contribution in [2.24, 2.45) is 0 Å². The Morgan fingerprint density at radius 2 is 2.20 bits per heavy atom. The molecule has 0 unspecified atom stereocenters. The lowest BCUT2D eigenvalue weighted by molar-refractivity contribution is -0.147. The molecule has 1 heterocycles. The van der Waals surface area contributed by atoms with Gasteiger partial charge in [-0.25, -0.2) is 4.98 Å². The van der Waals surface area contributed by atoms with Gasteiger partial charge in [0.05, 0.1) is 6.42 Å². The Morgan fingerprint density at radius 3 is 2.60 bits per heavy atom. The summed E-state index contributed by atoms with van der Waals surface area (Å²) < 4.78 is 37.9. The van der Waals surface area contributed by atoms with Crippen LogP contribution in [-0.4, -0.2) is 20.6 Å². The van der Waals surface area contributed by atoms with E-state index in [1.807, 2.05) is 0 Å². The minimum atomic E-state index is -4.55. The van der Waals surface area contributed by atoms with Gasteiger partial charge in [-0.05, 0) is 6.92 Å². The molecule has 0 amide bonds. The van der Waals surface area contributed by atoms with E-state index in [0.717, 1.165) is 10.8 Å². The Morgan fingerprint density at radius 1 is 1.60 bits per heavy atom. The number of aromatic nitrogens is 2. The maximum absolute atomic E-state index is 12.4. The highest BCUT2D eigenvalue weighted by Gasteiger charge is 2.37. The molecule has 0 spiro atoms. The average molecular weight is 222 g/mol. The molecule has 0 fully saturated rings. The SMILES string of the molecule is CCn1c(CC(=O)O)cnc1C(F)(F)F. The van der Waals surface area contributed by atoms with E-state index in [4.69, 9.17) is 5.11 Å². The number of hydrogen-bond donors (Lipinski definition) is 1. The van der Waals surface area contributed by atoms with Crippen LogP contribution < -0.4 is 0 Å². The summed E-state index contributed by atoms with van der Waals surface area (Å²) in [7, 11) is 0. The third-order valence-corrected chi connectivity index (χ3v) is 1.84. The van der Waals surface area contributed by atoms with E-state index in [1.54, 1.807) is 0 Å². The Labute approximate surface area is 83.3 Å². The number of imidazole rings is 1. The molecular formula is C8H9F3N2O2. The van der Waals surface area contributed by atoms with Crippen LogP contribution in [0, 0.1) is 0 Å². The molecule has 1 aromatic rings. The van der Waals surface area contributed by atoms with Crippen molar-refractivity contribution >= 4 is 5.97 Å². The van der Waals surface area contributed by atoms with Gasteiger partial charge in [-0.3, -0.25) is 4.79 Å². The fraction of sp³-hybridized carbons (Fsp3) is 0.500. The molecule has 4 nitrogen and oxygen atoms in total. The molecule has 0 aliphatic carbocycles. The molecule has 1 N–H and O–H groups in total. The van der Waals surface area contributed by atoms with Crippen LogP contribution in [0.3, 0.4) is 0 Å². The highest BCUT2D eigenvalue weighted by molar-refractivity contribution is 5.69. The van der Waals surface area contributed by atoms with Gasteiger partial charge in [0, 0.05) is 18.4 Å². The van der Waals surface area contributed by atoms with Gasteiger partial charge in [-0.1, -0.05) is 0 Å². The number of carboxylic acid groups (broad SMARTS) is 1. The van der Waals surface area contributed by atoms with Crippen LogP contribution in [-0.2, 0) is 23.9 Å². The second-order valence-electron chi connectivity index (χ2n) is 2.89. The van der Waals surface area contributed by atoms with Crippen LogP contribution in [0.4, 0.5) is 13.2 Å². The monoisotopic (exact) mass is 222 g/mol. The first-order valence-corrected chi connectivity index (χ1v) is 4.19. The summed E-state index contributed by atoms with van der Waals surface area (Å²) in [6.07, 6.45) is -4.07. The largest absolute Gasteiger partial charge is 0.481 e. The molecule has 0 saturated heterocycles. The average Bonchev–Trinajstić information content (AvgIpc) is 2.45. The van der Waals surface area contributed by atoms with Crippen LogP contribution >= 0.6 is 0 Å². The first-order chi connectivity index (χ1) is 6.86. The van der Waals surface area contributed by atoms with Gasteiger partial charge in [-0.2, -0.15) is 13.2 Å². The molecule has 0 bridgehead atoms. The molecule has 0 aromatic carbocycles. The topological polar surface area (TPSA) is 55.1 Å². The summed E-state index contributed by atoms with van der Waals surface area (Å²) in [4.78, 5) is 13.6. The molecule has 1 aromatic heterocycles. The van der Waals surface area contributed by atoms with Gasteiger partial charge in [0.2, 0.25) is 5.82 Å². The molecule has 7 heteroatoms. The normalized spacial score (nSPS) is 11.7. The second kappa shape index (κ2) is 3.92. The number of halogens is 3. The van der Waals surface area contributed by atoms with E-state index in [-0.39, 0.29) is 12.2 Å². The van der Waals surface area contributed by atoms with Crippen molar-refractivity contribution in [3.63, 3.8) is 0 Å². The fourth-order valence-corrected chi connectivity index (χ4v) is 1.29. The summed E-state index contributed by atoms with van der Waals surface area (Å²) in [5.41, 5.74) is 0.0531. The Balaban J connectivity index is 3.11. The number of rotatable bonds is 3. The van der Waals surface area contributed by atoms with Gasteiger partial charge in [-0.15, -0.1) is 0 Å². The van der Waals surface area contributed by atoms with Crippen LogP contribution in [0.2, 0.25) is 0 Å². The van der Waals surface area contributed by atoms with Crippen molar-refractivity contribution in [2.75, 3.05) is 0 Å². The Bertz CT molecular complexity index is 370. The lowest BCUT2D eigenvalue weighted by Gasteiger charge is -2.10. The molecule has 0 aliphatic rings. The standard InChI is InChI=1S/C8H9F3N2O2/c1-2-13-5(3-6(14)15)4-12-7(13)8(9,10)11/h4H,2-3H2,1H3,(H,14,15). The van der Waals surface area contributed by atoms with E-state index >= 15 is 0 Å². The lowest BCUT2D eigenvalue weighted by atomic mass is 10.3. The zero-order valence-corrected chi connectivity index (χ0v) is 7.88. The minimum absolute atomic E-state index is 0.0391. The predicted octanol–water partition coefficient (Wildman–Crippen LogP) is 1.55. The highest BCUT2D eigenvalue weighted by atomic mass is 19.4. The van der Waals surface area contributed by atoms with Gasteiger partial charge in [0.25, 0.3) is 0 Å². The lowest BCUT2D eigenvalue weighted by Crippen LogP contribution is -2.17. The van der Waals surface area contributed by atoms with Crippen molar-refractivity contribution in [3.05, 3.63) is 17.7 Å². The molecule has 15 heavy (non-hydrogen) atoms. The number of nitrogens with zero attached hydrogens (tertiary/aromatic N) is 2. The zero-order chi connectivity index (χ0) is 11.6. The predicted molar refractivity (Wildman–Crippen MR) is 44.2 cm³/mol. The summed E-state index contributed by atoms with van der Waals surface area (Å²) in [6, 6.07) is 0. The number of alkyl halides is 3. The van der Waals surface area contributed by atoms with Crippen molar-refractivity contribution in [1.29, 1.82) is 0 Å². The number of carboxylic acids is 1. The fourth-order valence-electron chi connectivity index (χ4n) is 1.29. The molecule has 0 atom stereocenters. The summed E-state index contributed by atoms with van der Waals surface area (Å²) >= 11 is 0. The Kier molecular flexibility index (Phi) is 3.01. The van der Waals surface area contributed by atoms with Crippen LogP contribution in [0.5, 0.6) is 0 Å². The molecule has 0 saturated carbocycles. The number of carbonyl (C=O) groups is 1. The van der Waals surface area contributed by atoms with Crippen LogP contribution in [0.15, 0.2) is 6.20 Å². The number of hydrogen-bond acceptors (Lipinski definition) is 2. The van der Waals surface area contributed by atoms with Crippen molar-refractivity contribution < 1.29 is 23.1 Å². The van der Waals surface area contributed by atoms with Gasteiger partial charge in [0.15, 0.2) is 0 Å². The molecule has 84 valence electrons. The van der Waals surface area contributed by atoms with Gasteiger partial charge in [0.1, 0.15) is 0 Å². The first-order valence-electron chi connectivity index (χ1n) is 4.19. The second-order valence-corrected chi connectivity index (χ2v) is 2.89. The van der Waals surface area contributed by atoms with E-state index in [2.05, 4.69) is 4.98 Å². The van der Waals surface area contributed by atoms with Crippen LogP contribution in [0.1, 0.15) is 18.4 Å². The van der Waals surface area contributed by atoms with Crippen molar-refractivity contribution in [2.45, 2.75) is 26.1 Å². The molecule has 0 radical (unpaired) electrons. The van der Waals surface area contributed by atoms with E-state index < -0.39 is 24.4 Å². The first kappa shape index (κ1) is 11.5. The third kappa shape index (κ3) is 2.48. The van der Waals surface area contributed by atoms with Gasteiger partial charge >= 0.3 is 12.1 Å². The Hall–Kier alpha value is -1.53. The quantitative estimate of drug-likeness (QED) is 0.844. The zero-order valence-electron chi connectivity index (χ0n) is 7.88. The minimum Gasteiger partial charge on any atom is -0.481 e. The molecular weight excluding hydrogens is 213 g/mol. The highest BCUT2D eigenvalue weighted by Crippen LogP contribution is 2.28. The molecule has 1 rings (SSSR count). The van der Waals surface area contributed by atoms with E-state index in [0.29, 0.717) is 0 Å². The van der Waals surface area contributed by atoms with Crippen molar-refractivity contribution in [3.8, 4) is 0 Å². The summed E-state index contributed by atoms with van der Waals surface area (Å²) in [5, 5.41) is 8.48. The van der Waals surface area contributed by atoms with Gasteiger partial charge < -0.3 is 9.67 Å². The number of aliphatic carboxylic acids is 1. The van der Waals surface area contributed by atoms with E-state index in [1.165, 1.54) is 6.92 Å². The van der Waals surface area contributed by atoms with Crippen molar-refractivity contribution in [1.82, 2.24) is 9.55 Å². The smallest absolute Gasteiger partial charge is 0.449 e. The summed E-state index contributed by atoms with van der Waals surface area (Å²) in [5.74, 6) is -2.24. The maximum Gasteiger partial charge on any atom is 0.449 e. The third-order valence-electron chi connectivity index (χ3n) is 1.84. The van der Waals surface area contributed by atoms with Crippen LogP contribution in [0.25, 0.3) is 0 Å².